The second-order valence-corrected chi connectivity index (χ2v) is 5.56. The summed E-state index contributed by atoms with van der Waals surface area (Å²) in [6.45, 7) is 1.90. The Labute approximate surface area is 141 Å². The zero-order valence-electron chi connectivity index (χ0n) is 13.2. The average molecular weight is 345 g/mol. The molecular weight excluding hydrogens is 331 g/mol. The predicted octanol–water partition coefficient (Wildman–Crippen LogP) is 4.45. The van der Waals surface area contributed by atoms with E-state index in [1.165, 1.54) is 29.4 Å². The van der Waals surface area contributed by atoms with Gasteiger partial charge in [0.05, 0.1) is 11.9 Å². The fraction of sp³-hybridized carbons (Fsp3) is 0.111. The van der Waals surface area contributed by atoms with E-state index in [-0.39, 0.29) is 11.3 Å². The highest BCUT2D eigenvalue weighted by molar-refractivity contribution is 6.04. The highest BCUT2D eigenvalue weighted by Crippen LogP contribution is 2.31. The molecule has 0 unspecified atom stereocenters. The molecule has 0 fully saturated rings. The number of hydrogen-bond donors (Lipinski definition) is 1. The van der Waals surface area contributed by atoms with Crippen molar-refractivity contribution in [3.05, 3.63) is 77.9 Å². The number of aryl methyl sites for hydroxylation is 1. The molecular formula is C18H14F3N3O. The van der Waals surface area contributed by atoms with Crippen LogP contribution in [0.15, 0.2) is 61.2 Å². The topological polar surface area (TPSA) is 46.9 Å². The summed E-state index contributed by atoms with van der Waals surface area (Å²) in [4.78, 5) is 16.2. The van der Waals surface area contributed by atoms with Crippen LogP contribution < -0.4 is 5.32 Å². The number of hydrogen-bond acceptors (Lipinski definition) is 2. The minimum atomic E-state index is -4.56. The Bertz CT molecular complexity index is 885. The first-order valence-electron chi connectivity index (χ1n) is 7.41. The molecule has 1 heterocycles. The summed E-state index contributed by atoms with van der Waals surface area (Å²) in [5.41, 5.74) is 0.755. The minimum Gasteiger partial charge on any atom is -0.322 e. The molecule has 0 radical (unpaired) electrons. The van der Waals surface area contributed by atoms with Gasteiger partial charge in [0, 0.05) is 29.3 Å². The van der Waals surface area contributed by atoms with Gasteiger partial charge in [-0.15, -0.1) is 0 Å². The number of alkyl halides is 3. The lowest BCUT2D eigenvalue weighted by Crippen LogP contribution is -2.15. The van der Waals surface area contributed by atoms with Gasteiger partial charge in [-0.2, -0.15) is 13.2 Å². The standard InChI is InChI=1S/C18H14F3N3O/c1-12-2-4-15(5-3-12)23-17(25)13-8-14(18(19,20)21)10-16(9-13)24-7-6-22-11-24/h2-11H,1H3,(H,23,25). The molecule has 0 saturated carbocycles. The second-order valence-electron chi connectivity index (χ2n) is 5.56. The molecule has 0 bridgehead atoms. The van der Waals surface area contributed by atoms with Gasteiger partial charge in [-0.25, -0.2) is 4.98 Å². The van der Waals surface area contributed by atoms with Gasteiger partial charge in [0.2, 0.25) is 0 Å². The quantitative estimate of drug-likeness (QED) is 0.762. The Morgan fingerprint density at radius 2 is 1.84 bits per heavy atom. The van der Waals surface area contributed by atoms with Crippen molar-refractivity contribution in [2.24, 2.45) is 0 Å². The zero-order chi connectivity index (χ0) is 18.0. The van der Waals surface area contributed by atoms with Gasteiger partial charge in [0.1, 0.15) is 0 Å². The third-order valence-corrected chi connectivity index (χ3v) is 3.62. The van der Waals surface area contributed by atoms with Gasteiger partial charge in [-0.3, -0.25) is 4.79 Å². The molecule has 4 nitrogen and oxygen atoms in total. The van der Waals surface area contributed by atoms with E-state index in [1.54, 1.807) is 24.3 Å². The highest BCUT2D eigenvalue weighted by atomic mass is 19.4. The van der Waals surface area contributed by atoms with Gasteiger partial charge >= 0.3 is 6.18 Å². The molecule has 0 aliphatic carbocycles. The van der Waals surface area contributed by atoms with Crippen molar-refractivity contribution in [3.63, 3.8) is 0 Å². The number of rotatable bonds is 3. The van der Waals surface area contributed by atoms with E-state index >= 15 is 0 Å². The number of carbonyl (C=O) groups is 1. The Balaban J connectivity index is 1.98. The summed E-state index contributed by atoms with van der Waals surface area (Å²) in [5.74, 6) is -0.615. The molecule has 1 aromatic heterocycles. The van der Waals surface area contributed by atoms with Crippen LogP contribution in [-0.2, 0) is 6.18 Å². The molecule has 25 heavy (non-hydrogen) atoms. The molecule has 0 spiro atoms. The van der Waals surface area contributed by atoms with Gasteiger partial charge in [-0.1, -0.05) is 17.7 Å². The Kier molecular flexibility index (Phi) is 4.31. The number of benzene rings is 2. The lowest BCUT2D eigenvalue weighted by atomic mass is 10.1. The van der Waals surface area contributed by atoms with Crippen LogP contribution in [0.1, 0.15) is 21.5 Å². The largest absolute Gasteiger partial charge is 0.416 e. The van der Waals surface area contributed by atoms with Crippen LogP contribution in [0.5, 0.6) is 0 Å². The predicted molar refractivity (Wildman–Crippen MR) is 87.7 cm³/mol. The minimum absolute atomic E-state index is 0.0842. The Morgan fingerprint density at radius 1 is 1.12 bits per heavy atom. The van der Waals surface area contributed by atoms with Crippen LogP contribution in [0.3, 0.4) is 0 Å². The lowest BCUT2D eigenvalue weighted by Gasteiger charge is -2.13. The maximum atomic E-state index is 13.2. The third-order valence-electron chi connectivity index (χ3n) is 3.62. The summed E-state index contributed by atoms with van der Waals surface area (Å²) >= 11 is 0. The normalized spacial score (nSPS) is 11.4. The number of imidazole rings is 1. The number of amides is 1. The molecule has 1 amide bonds. The monoisotopic (exact) mass is 345 g/mol. The van der Waals surface area contributed by atoms with E-state index < -0.39 is 17.6 Å². The van der Waals surface area contributed by atoms with E-state index in [9.17, 15) is 18.0 Å². The molecule has 0 atom stereocenters. The molecule has 3 aromatic rings. The van der Waals surface area contributed by atoms with Crippen LogP contribution in [0, 0.1) is 6.92 Å². The molecule has 0 saturated heterocycles. The molecule has 3 rings (SSSR count). The fourth-order valence-electron chi connectivity index (χ4n) is 2.31. The van der Waals surface area contributed by atoms with Crippen LogP contribution in [0.2, 0.25) is 0 Å². The first kappa shape index (κ1) is 16.8. The van der Waals surface area contributed by atoms with Crippen molar-refractivity contribution in [1.29, 1.82) is 0 Å². The van der Waals surface area contributed by atoms with Gasteiger partial charge in [0.25, 0.3) is 5.91 Å². The van der Waals surface area contributed by atoms with Gasteiger partial charge < -0.3 is 9.88 Å². The third kappa shape index (κ3) is 3.88. The lowest BCUT2D eigenvalue weighted by molar-refractivity contribution is -0.137. The summed E-state index contributed by atoms with van der Waals surface area (Å²) in [6, 6.07) is 10.2. The summed E-state index contributed by atoms with van der Waals surface area (Å²) in [5, 5.41) is 2.61. The summed E-state index contributed by atoms with van der Waals surface area (Å²) < 4.78 is 40.9. The molecule has 1 N–H and O–H groups in total. The van der Waals surface area contributed by atoms with E-state index in [2.05, 4.69) is 10.3 Å². The molecule has 0 aliphatic heterocycles. The van der Waals surface area contributed by atoms with Gasteiger partial charge in [-0.05, 0) is 37.3 Å². The van der Waals surface area contributed by atoms with Crippen molar-refractivity contribution in [2.45, 2.75) is 13.1 Å². The smallest absolute Gasteiger partial charge is 0.322 e. The van der Waals surface area contributed by atoms with Crippen molar-refractivity contribution < 1.29 is 18.0 Å². The number of nitrogens with one attached hydrogen (secondary N) is 1. The first-order chi connectivity index (χ1) is 11.8. The zero-order valence-corrected chi connectivity index (χ0v) is 13.2. The Morgan fingerprint density at radius 3 is 2.44 bits per heavy atom. The maximum Gasteiger partial charge on any atom is 0.416 e. The summed E-state index contributed by atoms with van der Waals surface area (Å²) in [6.07, 6.45) is -0.226. The molecule has 128 valence electrons. The first-order valence-corrected chi connectivity index (χ1v) is 7.41. The van der Waals surface area contributed by atoms with Crippen molar-refractivity contribution in [3.8, 4) is 5.69 Å². The number of aromatic nitrogens is 2. The van der Waals surface area contributed by atoms with Crippen molar-refractivity contribution in [1.82, 2.24) is 9.55 Å². The van der Waals surface area contributed by atoms with Gasteiger partial charge in [0.15, 0.2) is 0 Å². The second kappa shape index (κ2) is 6.43. The van der Waals surface area contributed by atoms with Crippen LogP contribution >= 0.6 is 0 Å². The molecule has 2 aromatic carbocycles. The van der Waals surface area contributed by atoms with Crippen molar-refractivity contribution in [2.75, 3.05) is 5.32 Å². The van der Waals surface area contributed by atoms with E-state index in [0.29, 0.717) is 5.69 Å². The van der Waals surface area contributed by atoms with Crippen molar-refractivity contribution >= 4 is 11.6 Å². The fourth-order valence-corrected chi connectivity index (χ4v) is 2.31. The van der Waals surface area contributed by atoms with Crippen LogP contribution in [-0.4, -0.2) is 15.5 Å². The van der Waals surface area contributed by atoms with E-state index in [0.717, 1.165) is 17.7 Å². The number of nitrogens with zero attached hydrogens (tertiary/aromatic N) is 2. The highest BCUT2D eigenvalue weighted by Gasteiger charge is 2.32. The number of halogens is 3. The van der Waals surface area contributed by atoms with E-state index in [1.807, 2.05) is 6.92 Å². The maximum absolute atomic E-state index is 13.2. The Hall–Kier alpha value is -3.09. The molecule has 7 heteroatoms. The average Bonchev–Trinajstić information content (AvgIpc) is 3.10. The van der Waals surface area contributed by atoms with Crippen LogP contribution in [0.25, 0.3) is 5.69 Å². The SMILES string of the molecule is Cc1ccc(NC(=O)c2cc(-n3ccnc3)cc(C(F)(F)F)c2)cc1. The molecule has 0 aliphatic rings. The van der Waals surface area contributed by atoms with Crippen LogP contribution in [0.4, 0.5) is 18.9 Å². The number of carbonyl (C=O) groups excluding carboxylic acids is 1. The van der Waals surface area contributed by atoms with E-state index in [4.69, 9.17) is 0 Å². The number of anilines is 1. The summed E-state index contributed by atoms with van der Waals surface area (Å²) in [7, 11) is 0.